The first-order valence-corrected chi connectivity index (χ1v) is 7.13. The maximum absolute atomic E-state index is 3.76. The van der Waals surface area contributed by atoms with Gasteiger partial charge in [-0.05, 0) is 37.5 Å². The number of hydrogen-bond donors (Lipinski definition) is 0. The summed E-state index contributed by atoms with van der Waals surface area (Å²) in [4.78, 5) is 1.98. The molecule has 0 aliphatic rings. The summed E-state index contributed by atoms with van der Waals surface area (Å²) >= 11 is 3.22. The van der Waals surface area contributed by atoms with Crippen LogP contribution in [0.4, 0.5) is 0 Å². The topological polar surface area (TPSA) is 0 Å². The Hall–Kier alpha value is -0.960. The Labute approximate surface area is 108 Å². The van der Waals surface area contributed by atoms with Crippen LogP contribution in [-0.4, -0.2) is 12.5 Å². The van der Waals surface area contributed by atoms with Crippen molar-refractivity contribution in [3.05, 3.63) is 34.1 Å². The predicted molar refractivity (Wildman–Crippen MR) is 79.2 cm³/mol. The summed E-state index contributed by atoms with van der Waals surface area (Å²) in [6.45, 7) is 11.3. The van der Waals surface area contributed by atoms with Crippen LogP contribution in [0.3, 0.4) is 0 Å². The average molecular weight is 248 g/mol. The second kappa shape index (κ2) is 8.22. The van der Waals surface area contributed by atoms with Crippen LogP contribution in [0.2, 0.25) is 0 Å². The molecule has 0 nitrogen and oxygen atoms in total. The van der Waals surface area contributed by atoms with Crippen LogP contribution in [0.15, 0.2) is 34.1 Å². The standard InChI is InChI=1S/C14H16S2/c1-11(2)7-9-13(15-5)14(16-6)10-8-12(3)4/h1,3H2,2,4-6H3/b14-13+. The molecule has 0 spiro atoms. The molecule has 16 heavy (non-hydrogen) atoms. The minimum absolute atomic E-state index is 0.861. The minimum atomic E-state index is 0.861. The molecule has 0 atom stereocenters. The molecule has 2 heteroatoms. The Morgan fingerprint density at radius 3 is 1.25 bits per heavy atom. The number of thioether (sulfide) groups is 2. The summed E-state index contributed by atoms with van der Waals surface area (Å²) in [5.41, 5.74) is 1.72. The summed E-state index contributed by atoms with van der Waals surface area (Å²) in [7, 11) is 0. The molecule has 0 aromatic heterocycles. The Bertz CT molecular complexity index is 389. The third-order valence-electron chi connectivity index (χ3n) is 1.39. The minimum Gasteiger partial charge on any atom is -0.119 e. The Kier molecular flexibility index (Phi) is 7.73. The van der Waals surface area contributed by atoms with Crippen LogP contribution in [0.1, 0.15) is 13.8 Å². The number of hydrogen-bond acceptors (Lipinski definition) is 2. The fourth-order valence-electron chi connectivity index (χ4n) is 0.728. The van der Waals surface area contributed by atoms with Gasteiger partial charge in [0.05, 0.1) is 9.81 Å². The van der Waals surface area contributed by atoms with Gasteiger partial charge in [-0.2, -0.15) is 0 Å². The quantitative estimate of drug-likeness (QED) is 0.675. The summed E-state index contributed by atoms with van der Waals surface area (Å²) in [6.07, 6.45) is 4.00. The molecule has 0 aromatic carbocycles. The normalized spacial score (nSPS) is 10.2. The lowest BCUT2D eigenvalue weighted by Gasteiger charge is -1.98. The van der Waals surface area contributed by atoms with E-state index >= 15 is 0 Å². The third-order valence-corrected chi connectivity index (χ3v) is 2.95. The molecule has 0 unspecified atom stereocenters. The van der Waals surface area contributed by atoms with Crippen molar-refractivity contribution >= 4 is 23.5 Å². The molecule has 0 fully saturated rings. The zero-order chi connectivity index (χ0) is 12.6. The highest BCUT2D eigenvalue weighted by molar-refractivity contribution is 8.06. The van der Waals surface area contributed by atoms with Crippen molar-refractivity contribution in [2.45, 2.75) is 13.8 Å². The van der Waals surface area contributed by atoms with E-state index in [1.807, 2.05) is 26.4 Å². The molecule has 0 saturated carbocycles. The lowest BCUT2D eigenvalue weighted by atomic mass is 10.3. The van der Waals surface area contributed by atoms with E-state index in [1.165, 1.54) is 0 Å². The fraction of sp³-hybridized carbons (Fsp3) is 0.286. The van der Waals surface area contributed by atoms with Crippen LogP contribution < -0.4 is 0 Å². The van der Waals surface area contributed by atoms with E-state index in [-0.39, 0.29) is 0 Å². The lowest BCUT2D eigenvalue weighted by molar-refractivity contribution is 1.62. The van der Waals surface area contributed by atoms with E-state index in [0.717, 1.165) is 21.0 Å². The summed E-state index contributed by atoms with van der Waals surface area (Å²) in [5.74, 6) is 12.1. The molecular formula is C14H16S2. The maximum atomic E-state index is 3.76. The van der Waals surface area contributed by atoms with Crippen LogP contribution in [0.25, 0.3) is 0 Å². The maximum Gasteiger partial charge on any atom is 0.0795 e. The van der Waals surface area contributed by atoms with Gasteiger partial charge in [-0.1, -0.05) is 36.8 Å². The summed E-state index contributed by atoms with van der Waals surface area (Å²) < 4.78 is 0. The van der Waals surface area contributed by atoms with Crippen molar-refractivity contribution in [3.63, 3.8) is 0 Å². The highest BCUT2D eigenvalue weighted by atomic mass is 32.2. The van der Waals surface area contributed by atoms with Crippen LogP contribution in [0.5, 0.6) is 0 Å². The van der Waals surface area contributed by atoms with E-state index in [9.17, 15) is 0 Å². The first kappa shape index (κ1) is 15.0. The van der Waals surface area contributed by atoms with Crippen molar-refractivity contribution in [1.29, 1.82) is 0 Å². The molecule has 0 saturated heterocycles. The molecule has 0 aliphatic heterocycles. The van der Waals surface area contributed by atoms with Gasteiger partial charge >= 0.3 is 0 Å². The van der Waals surface area contributed by atoms with Gasteiger partial charge in [0.15, 0.2) is 0 Å². The van der Waals surface area contributed by atoms with Crippen LogP contribution >= 0.6 is 23.5 Å². The second-order valence-electron chi connectivity index (χ2n) is 3.13. The van der Waals surface area contributed by atoms with Gasteiger partial charge < -0.3 is 0 Å². The van der Waals surface area contributed by atoms with E-state index in [1.54, 1.807) is 23.5 Å². The second-order valence-corrected chi connectivity index (χ2v) is 4.76. The highest BCUT2D eigenvalue weighted by Crippen LogP contribution is 2.23. The molecule has 0 amide bonds. The van der Waals surface area contributed by atoms with Gasteiger partial charge in [0, 0.05) is 0 Å². The SMILES string of the molecule is C=C(C)C#C/C(SC)=C(/C#CC(=C)C)SC. The van der Waals surface area contributed by atoms with Gasteiger partial charge in [-0.3, -0.25) is 0 Å². The van der Waals surface area contributed by atoms with Crippen molar-refractivity contribution in [2.75, 3.05) is 12.5 Å². The molecule has 0 aliphatic carbocycles. The van der Waals surface area contributed by atoms with Gasteiger partial charge in [-0.15, -0.1) is 23.5 Å². The summed E-state index contributed by atoms with van der Waals surface area (Å²) in [5, 5.41) is 0. The highest BCUT2D eigenvalue weighted by Gasteiger charge is 1.99. The zero-order valence-electron chi connectivity index (χ0n) is 10.2. The first-order chi connectivity index (χ1) is 7.51. The van der Waals surface area contributed by atoms with Crippen molar-refractivity contribution in [1.82, 2.24) is 0 Å². The van der Waals surface area contributed by atoms with Crippen LogP contribution in [0, 0.1) is 23.7 Å². The fourth-order valence-corrected chi connectivity index (χ4v) is 2.01. The number of rotatable bonds is 2. The molecule has 0 bridgehead atoms. The van der Waals surface area contributed by atoms with Gasteiger partial charge in [0.1, 0.15) is 0 Å². The van der Waals surface area contributed by atoms with Crippen molar-refractivity contribution < 1.29 is 0 Å². The molecule has 0 rings (SSSR count). The van der Waals surface area contributed by atoms with Gasteiger partial charge in [0.25, 0.3) is 0 Å². The molecule has 0 radical (unpaired) electrons. The zero-order valence-corrected chi connectivity index (χ0v) is 11.9. The first-order valence-electron chi connectivity index (χ1n) is 4.68. The smallest absolute Gasteiger partial charge is 0.0795 e. The van der Waals surface area contributed by atoms with E-state index in [0.29, 0.717) is 0 Å². The van der Waals surface area contributed by atoms with Crippen LogP contribution in [-0.2, 0) is 0 Å². The Morgan fingerprint density at radius 2 is 1.06 bits per heavy atom. The monoisotopic (exact) mass is 248 g/mol. The Morgan fingerprint density at radius 1 is 0.750 bits per heavy atom. The van der Waals surface area contributed by atoms with E-state index < -0.39 is 0 Å². The van der Waals surface area contributed by atoms with Gasteiger partial charge in [-0.25, -0.2) is 0 Å². The Balaban J connectivity index is 5.27. The number of allylic oxidation sites excluding steroid dienone is 4. The predicted octanol–water partition coefficient (Wildman–Crippen LogP) is 4.08. The van der Waals surface area contributed by atoms with Crippen molar-refractivity contribution in [3.8, 4) is 23.7 Å². The van der Waals surface area contributed by atoms with Crippen molar-refractivity contribution in [2.24, 2.45) is 0 Å². The molecule has 0 N–H and O–H groups in total. The molecule has 0 aromatic rings. The third kappa shape index (κ3) is 6.51. The summed E-state index contributed by atoms with van der Waals surface area (Å²) in [6, 6.07) is 0. The van der Waals surface area contributed by atoms with E-state index in [4.69, 9.17) is 0 Å². The molecule has 84 valence electrons. The largest absolute Gasteiger partial charge is 0.119 e. The molecular weight excluding hydrogens is 232 g/mol. The van der Waals surface area contributed by atoms with Gasteiger partial charge in [0.2, 0.25) is 0 Å². The average Bonchev–Trinajstić information content (AvgIpc) is 2.22. The lowest BCUT2D eigenvalue weighted by Crippen LogP contribution is -1.79. The van der Waals surface area contributed by atoms with E-state index in [2.05, 4.69) is 36.8 Å². The molecule has 0 heterocycles.